The SMILES string of the molecule is Cc1ccc(N(C)C(=O)c2c(C)nn(C)c2C)cc1C. The summed E-state index contributed by atoms with van der Waals surface area (Å²) >= 11 is 0. The van der Waals surface area contributed by atoms with Crippen LogP contribution < -0.4 is 4.90 Å². The molecule has 0 aliphatic rings. The predicted molar refractivity (Wildman–Crippen MR) is 81.3 cm³/mol. The normalized spacial score (nSPS) is 10.7. The van der Waals surface area contributed by atoms with Crippen LogP contribution in [0.15, 0.2) is 18.2 Å². The first-order chi connectivity index (χ1) is 9.32. The Morgan fingerprint density at radius 1 is 1.15 bits per heavy atom. The number of benzene rings is 1. The summed E-state index contributed by atoms with van der Waals surface area (Å²) in [6.07, 6.45) is 0. The van der Waals surface area contributed by atoms with E-state index in [-0.39, 0.29) is 5.91 Å². The van der Waals surface area contributed by atoms with Crippen molar-refractivity contribution >= 4 is 11.6 Å². The number of anilines is 1. The molecule has 2 aromatic rings. The quantitative estimate of drug-likeness (QED) is 0.842. The van der Waals surface area contributed by atoms with Gasteiger partial charge in [-0.05, 0) is 51.0 Å². The lowest BCUT2D eigenvalue weighted by molar-refractivity contribution is 0.0991. The van der Waals surface area contributed by atoms with E-state index in [9.17, 15) is 4.79 Å². The molecule has 106 valence electrons. The van der Waals surface area contributed by atoms with Crippen molar-refractivity contribution in [3.8, 4) is 0 Å². The van der Waals surface area contributed by atoms with Gasteiger partial charge in [0.15, 0.2) is 0 Å². The van der Waals surface area contributed by atoms with Gasteiger partial charge in [0.1, 0.15) is 0 Å². The minimum absolute atomic E-state index is 0.0173. The molecule has 20 heavy (non-hydrogen) atoms. The highest BCUT2D eigenvalue weighted by atomic mass is 16.2. The number of nitrogens with zero attached hydrogens (tertiary/aromatic N) is 3. The molecule has 1 aromatic carbocycles. The number of carbonyl (C=O) groups excluding carboxylic acids is 1. The van der Waals surface area contributed by atoms with Crippen molar-refractivity contribution in [3.63, 3.8) is 0 Å². The molecule has 0 saturated carbocycles. The monoisotopic (exact) mass is 271 g/mol. The van der Waals surface area contributed by atoms with E-state index in [0.29, 0.717) is 5.56 Å². The maximum absolute atomic E-state index is 12.7. The largest absolute Gasteiger partial charge is 0.311 e. The van der Waals surface area contributed by atoms with Gasteiger partial charge in [-0.1, -0.05) is 6.07 Å². The highest BCUT2D eigenvalue weighted by molar-refractivity contribution is 6.07. The van der Waals surface area contributed by atoms with Crippen molar-refractivity contribution in [3.05, 3.63) is 46.3 Å². The average molecular weight is 271 g/mol. The summed E-state index contributed by atoms with van der Waals surface area (Å²) < 4.78 is 1.75. The molecule has 1 aromatic heterocycles. The van der Waals surface area contributed by atoms with Gasteiger partial charge < -0.3 is 4.90 Å². The lowest BCUT2D eigenvalue weighted by Gasteiger charge is -2.18. The number of amides is 1. The minimum Gasteiger partial charge on any atom is -0.311 e. The molecule has 0 bridgehead atoms. The van der Waals surface area contributed by atoms with Crippen LogP contribution in [-0.4, -0.2) is 22.7 Å². The Bertz CT molecular complexity index is 671. The molecule has 0 fully saturated rings. The van der Waals surface area contributed by atoms with Crippen LogP contribution in [0.1, 0.15) is 32.9 Å². The van der Waals surface area contributed by atoms with Gasteiger partial charge >= 0.3 is 0 Å². The van der Waals surface area contributed by atoms with Gasteiger partial charge in [0.25, 0.3) is 5.91 Å². The van der Waals surface area contributed by atoms with E-state index in [1.807, 2.05) is 39.1 Å². The van der Waals surface area contributed by atoms with E-state index in [1.54, 1.807) is 16.6 Å². The van der Waals surface area contributed by atoms with E-state index < -0.39 is 0 Å². The molecule has 1 heterocycles. The summed E-state index contributed by atoms with van der Waals surface area (Å²) in [6.45, 7) is 7.91. The second-order valence-electron chi connectivity index (χ2n) is 5.30. The van der Waals surface area contributed by atoms with Gasteiger partial charge in [-0.2, -0.15) is 5.10 Å². The third-order valence-electron chi connectivity index (χ3n) is 3.91. The second kappa shape index (κ2) is 5.12. The van der Waals surface area contributed by atoms with Crippen molar-refractivity contribution in [1.29, 1.82) is 0 Å². The molecule has 1 amide bonds. The number of hydrogen-bond acceptors (Lipinski definition) is 2. The Morgan fingerprint density at radius 2 is 1.80 bits per heavy atom. The zero-order chi connectivity index (χ0) is 15.0. The van der Waals surface area contributed by atoms with Gasteiger partial charge in [-0.25, -0.2) is 0 Å². The highest BCUT2D eigenvalue weighted by Crippen LogP contribution is 2.21. The van der Waals surface area contributed by atoms with Crippen LogP contribution in [0.4, 0.5) is 5.69 Å². The molecule has 4 nitrogen and oxygen atoms in total. The number of hydrogen-bond donors (Lipinski definition) is 0. The molecular weight excluding hydrogens is 250 g/mol. The Kier molecular flexibility index (Phi) is 3.66. The van der Waals surface area contributed by atoms with Crippen molar-refractivity contribution in [2.24, 2.45) is 7.05 Å². The van der Waals surface area contributed by atoms with Crippen LogP contribution in [0.3, 0.4) is 0 Å². The molecule has 0 unspecified atom stereocenters. The first kappa shape index (κ1) is 14.3. The first-order valence-electron chi connectivity index (χ1n) is 6.68. The van der Waals surface area contributed by atoms with Crippen LogP contribution in [0.25, 0.3) is 0 Å². The Labute approximate surface area is 120 Å². The molecule has 0 N–H and O–H groups in total. The number of aromatic nitrogens is 2. The van der Waals surface area contributed by atoms with Gasteiger partial charge in [-0.15, -0.1) is 0 Å². The summed E-state index contributed by atoms with van der Waals surface area (Å²) in [7, 11) is 3.66. The smallest absolute Gasteiger partial charge is 0.261 e. The molecule has 4 heteroatoms. The fourth-order valence-corrected chi connectivity index (χ4v) is 2.30. The number of carbonyl (C=O) groups is 1. The minimum atomic E-state index is -0.0173. The van der Waals surface area contributed by atoms with Crippen LogP contribution in [0.5, 0.6) is 0 Å². The molecule has 0 aliphatic heterocycles. The summed E-state index contributed by atoms with van der Waals surface area (Å²) in [5, 5.41) is 4.31. The van der Waals surface area contributed by atoms with Gasteiger partial charge in [0.2, 0.25) is 0 Å². The molecule has 0 atom stereocenters. The maximum atomic E-state index is 12.7. The van der Waals surface area contributed by atoms with Gasteiger partial charge in [-0.3, -0.25) is 9.48 Å². The van der Waals surface area contributed by atoms with Crippen LogP contribution in [0, 0.1) is 27.7 Å². The zero-order valence-corrected chi connectivity index (χ0v) is 13.0. The summed E-state index contributed by atoms with van der Waals surface area (Å²) in [5.41, 5.74) is 5.66. The van der Waals surface area contributed by atoms with E-state index in [0.717, 1.165) is 17.1 Å². The zero-order valence-electron chi connectivity index (χ0n) is 13.0. The van der Waals surface area contributed by atoms with Gasteiger partial charge in [0.05, 0.1) is 11.3 Å². The van der Waals surface area contributed by atoms with E-state index in [2.05, 4.69) is 18.9 Å². The Morgan fingerprint density at radius 3 is 2.30 bits per heavy atom. The molecular formula is C16H21N3O. The van der Waals surface area contributed by atoms with Crippen LogP contribution in [0.2, 0.25) is 0 Å². The van der Waals surface area contributed by atoms with Crippen LogP contribution >= 0.6 is 0 Å². The summed E-state index contributed by atoms with van der Waals surface area (Å²) in [6, 6.07) is 6.05. The maximum Gasteiger partial charge on any atom is 0.261 e. The average Bonchev–Trinajstić information content (AvgIpc) is 2.65. The topological polar surface area (TPSA) is 38.1 Å². The lowest BCUT2D eigenvalue weighted by atomic mass is 10.1. The number of aryl methyl sites for hydroxylation is 4. The van der Waals surface area contributed by atoms with Crippen molar-refractivity contribution in [2.75, 3.05) is 11.9 Å². The van der Waals surface area contributed by atoms with E-state index >= 15 is 0 Å². The molecule has 0 saturated heterocycles. The fourth-order valence-electron chi connectivity index (χ4n) is 2.30. The van der Waals surface area contributed by atoms with Gasteiger partial charge in [0, 0.05) is 25.5 Å². The van der Waals surface area contributed by atoms with E-state index in [4.69, 9.17) is 0 Å². The van der Waals surface area contributed by atoms with Crippen molar-refractivity contribution < 1.29 is 4.79 Å². The first-order valence-corrected chi connectivity index (χ1v) is 6.68. The predicted octanol–water partition coefficient (Wildman–Crippen LogP) is 2.93. The molecule has 0 spiro atoms. The number of rotatable bonds is 2. The van der Waals surface area contributed by atoms with E-state index in [1.165, 1.54) is 11.1 Å². The Balaban J connectivity index is 2.39. The third kappa shape index (κ3) is 2.33. The lowest BCUT2D eigenvalue weighted by Crippen LogP contribution is -2.27. The standard InChI is InChI=1S/C16H21N3O/c1-10-7-8-14(9-11(10)2)18(5)16(20)15-12(3)17-19(6)13(15)4/h7-9H,1-6H3. The van der Waals surface area contributed by atoms with Crippen molar-refractivity contribution in [1.82, 2.24) is 9.78 Å². The summed E-state index contributed by atoms with van der Waals surface area (Å²) in [4.78, 5) is 14.4. The van der Waals surface area contributed by atoms with Crippen molar-refractivity contribution in [2.45, 2.75) is 27.7 Å². The summed E-state index contributed by atoms with van der Waals surface area (Å²) in [5.74, 6) is -0.0173. The molecule has 0 aliphatic carbocycles. The molecule has 2 rings (SSSR count). The second-order valence-corrected chi connectivity index (χ2v) is 5.30. The third-order valence-corrected chi connectivity index (χ3v) is 3.91. The Hall–Kier alpha value is -2.10. The fraction of sp³-hybridized carbons (Fsp3) is 0.375. The van der Waals surface area contributed by atoms with Crippen LogP contribution in [-0.2, 0) is 7.05 Å². The molecule has 0 radical (unpaired) electrons. The highest BCUT2D eigenvalue weighted by Gasteiger charge is 2.21.